The number of nitrogens with zero attached hydrogens (tertiary/aromatic N) is 2. The fourth-order valence-corrected chi connectivity index (χ4v) is 4.85. The molecule has 0 aliphatic heterocycles. The Morgan fingerprint density at radius 2 is 1.65 bits per heavy atom. The number of carbonyl (C=O) groups excluding carboxylic acids is 2. The van der Waals surface area contributed by atoms with Crippen molar-refractivity contribution in [3.8, 4) is 11.5 Å². The fraction of sp³-hybridized carbons (Fsp3) is 0.312. The first kappa shape index (κ1) is 31.3. The minimum atomic E-state index is -4.65. The third-order valence-electron chi connectivity index (χ3n) is 7.16. The lowest BCUT2D eigenvalue weighted by atomic mass is 10.1. The highest BCUT2D eigenvalue weighted by molar-refractivity contribution is 5.93. The quantitative estimate of drug-likeness (QED) is 0.201. The van der Waals surface area contributed by atoms with Gasteiger partial charge in [-0.15, -0.1) is 0 Å². The van der Waals surface area contributed by atoms with E-state index in [4.69, 9.17) is 9.47 Å². The number of amides is 3. The number of hydrogen-bond acceptors (Lipinski definition) is 4. The number of aromatic amines is 1. The Morgan fingerprint density at radius 3 is 2.35 bits per heavy atom. The normalized spacial score (nSPS) is 11.4. The molecule has 1 aromatic heterocycles. The van der Waals surface area contributed by atoms with Gasteiger partial charge in [0.25, 0.3) is 0 Å². The molecule has 1 heterocycles. The zero-order valence-electron chi connectivity index (χ0n) is 24.5. The van der Waals surface area contributed by atoms with Gasteiger partial charge in [-0.1, -0.05) is 36.4 Å². The van der Waals surface area contributed by atoms with E-state index in [2.05, 4.69) is 10.3 Å². The molecule has 0 radical (unpaired) electrons. The molecule has 0 fully saturated rings. The lowest BCUT2D eigenvalue weighted by Crippen LogP contribution is -2.47. The van der Waals surface area contributed by atoms with E-state index in [9.17, 15) is 22.8 Å². The molecule has 4 rings (SSSR count). The summed E-state index contributed by atoms with van der Waals surface area (Å²) in [6, 6.07) is 16.7. The van der Waals surface area contributed by atoms with Gasteiger partial charge in [0, 0.05) is 36.2 Å². The molecular formula is C32H35F3N4O4. The number of rotatable bonds is 11. The number of anilines is 1. The molecule has 0 bridgehead atoms. The molecule has 228 valence electrons. The standard InChI is InChI=1S/C32H35F3N4O4/c1-21(2)39(31(41)37-27-12-8-6-10-25(27)32(33,34)35)20-30(40)38(19-22-13-14-28(42-3)29(17-22)43-4)16-15-23-18-36-26-11-7-5-9-24(23)26/h5-14,17-18,21,36H,15-16,19-20H2,1-4H3,(H,37,41). The molecule has 0 unspecified atom stereocenters. The van der Waals surface area contributed by atoms with Crippen molar-refractivity contribution < 1.29 is 32.2 Å². The number of methoxy groups -OCH3 is 2. The van der Waals surface area contributed by atoms with Crippen LogP contribution in [0, 0.1) is 0 Å². The van der Waals surface area contributed by atoms with Crippen LogP contribution in [0.3, 0.4) is 0 Å². The molecule has 0 saturated carbocycles. The number of hydrogen-bond donors (Lipinski definition) is 2. The minimum absolute atomic E-state index is 0.214. The highest BCUT2D eigenvalue weighted by atomic mass is 19.4. The molecule has 2 N–H and O–H groups in total. The maximum Gasteiger partial charge on any atom is 0.418 e. The molecular weight excluding hydrogens is 561 g/mol. The van der Waals surface area contributed by atoms with Crippen molar-refractivity contribution in [2.24, 2.45) is 0 Å². The van der Waals surface area contributed by atoms with Gasteiger partial charge in [-0.05, 0) is 61.7 Å². The first-order chi connectivity index (χ1) is 20.5. The summed E-state index contributed by atoms with van der Waals surface area (Å²) in [4.78, 5) is 33.1. The van der Waals surface area contributed by atoms with Crippen LogP contribution in [0.25, 0.3) is 10.9 Å². The second kappa shape index (κ2) is 13.5. The molecule has 0 saturated heterocycles. The number of alkyl halides is 3. The number of H-pyrrole nitrogens is 1. The molecule has 0 atom stereocenters. The Morgan fingerprint density at radius 1 is 0.953 bits per heavy atom. The Kier molecular flexibility index (Phi) is 9.84. The third-order valence-corrected chi connectivity index (χ3v) is 7.16. The van der Waals surface area contributed by atoms with Gasteiger partial charge in [0.15, 0.2) is 11.5 Å². The Bertz CT molecular complexity index is 1570. The van der Waals surface area contributed by atoms with Gasteiger partial charge >= 0.3 is 12.2 Å². The Balaban J connectivity index is 1.57. The molecule has 11 heteroatoms. The van der Waals surface area contributed by atoms with Crippen molar-refractivity contribution in [3.63, 3.8) is 0 Å². The fourth-order valence-electron chi connectivity index (χ4n) is 4.85. The van der Waals surface area contributed by atoms with Gasteiger partial charge in [0.05, 0.1) is 25.5 Å². The van der Waals surface area contributed by atoms with Crippen LogP contribution >= 0.6 is 0 Å². The van der Waals surface area contributed by atoms with Crippen molar-refractivity contribution >= 4 is 28.5 Å². The maximum absolute atomic E-state index is 13.8. The number of benzene rings is 3. The van der Waals surface area contributed by atoms with Gasteiger partial charge in [-0.2, -0.15) is 13.2 Å². The van der Waals surface area contributed by atoms with E-state index in [-0.39, 0.29) is 24.7 Å². The summed E-state index contributed by atoms with van der Waals surface area (Å²) in [7, 11) is 3.06. The molecule has 0 aliphatic carbocycles. The van der Waals surface area contributed by atoms with Crippen molar-refractivity contribution in [2.75, 3.05) is 32.6 Å². The van der Waals surface area contributed by atoms with Crippen LogP contribution in [0.5, 0.6) is 11.5 Å². The van der Waals surface area contributed by atoms with Crippen molar-refractivity contribution in [1.82, 2.24) is 14.8 Å². The maximum atomic E-state index is 13.8. The second-order valence-electron chi connectivity index (χ2n) is 10.3. The zero-order chi connectivity index (χ0) is 31.1. The SMILES string of the molecule is COc1ccc(CN(CCc2c[nH]c3ccccc23)C(=O)CN(C(=O)Nc2ccccc2C(F)(F)F)C(C)C)cc1OC. The summed E-state index contributed by atoms with van der Waals surface area (Å²) in [5, 5.41) is 3.41. The van der Waals surface area contributed by atoms with Crippen molar-refractivity contribution in [2.45, 2.75) is 39.0 Å². The minimum Gasteiger partial charge on any atom is -0.493 e. The Labute approximate surface area is 248 Å². The Hall–Kier alpha value is -4.67. The van der Waals surface area contributed by atoms with Crippen LogP contribution in [-0.2, 0) is 23.9 Å². The number of urea groups is 1. The van der Waals surface area contributed by atoms with Gasteiger partial charge in [0.2, 0.25) is 5.91 Å². The van der Waals surface area contributed by atoms with Gasteiger partial charge in [-0.25, -0.2) is 4.79 Å². The predicted molar refractivity (Wildman–Crippen MR) is 159 cm³/mol. The summed E-state index contributed by atoms with van der Waals surface area (Å²) in [6.07, 6.45) is -2.20. The average Bonchev–Trinajstić information content (AvgIpc) is 3.40. The van der Waals surface area contributed by atoms with Gasteiger partial charge in [0.1, 0.15) is 6.54 Å². The summed E-state index contributed by atoms with van der Waals surface area (Å²) >= 11 is 0. The van der Waals surface area contributed by atoms with E-state index >= 15 is 0 Å². The largest absolute Gasteiger partial charge is 0.493 e. The smallest absolute Gasteiger partial charge is 0.418 e. The van der Waals surface area contributed by atoms with E-state index in [0.717, 1.165) is 28.1 Å². The highest BCUT2D eigenvalue weighted by Crippen LogP contribution is 2.35. The van der Waals surface area contributed by atoms with Crippen LogP contribution in [0.4, 0.5) is 23.7 Å². The number of nitrogens with one attached hydrogen (secondary N) is 2. The van der Waals surface area contributed by atoms with E-state index < -0.39 is 23.8 Å². The first-order valence-electron chi connectivity index (χ1n) is 13.8. The second-order valence-corrected chi connectivity index (χ2v) is 10.3. The third kappa shape index (κ3) is 7.59. The predicted octanol–water partition coefficient (Wildman–Crippen LogP) is 6.72. The number of aromatic nitrogens is 1. The zero-order valence-corrected chi connectivity index (χ0v) is 24.5. The van der Waals surface area contributed by atoms with Crippen LogP contribution < -0.4 is 14.8 Å². The summed E-state index contributed by atoms with van der Waals surface area (Å²) < 4.78 is 51.4. The van der Waals surface area contributed by atoms with Gasteiger partial charge < -0.3 is 29.6 Å². The molecule has 43 heavy (non-hydrogen) atoms. The molecule has 3 amide bonds. The number of fused-ring (bicyclic) bond motifs is 1. The molecule has 4 aromatic rings. The van der Waals surface area contributed by atoms with Crippen LogP contribution in [-0.4, -0.2) is 60.1 Å². The molecule has 0 spiro atoms. The topological polar surface area (TPSA) is 86.9 Å². The molecule has 0 aliphatic rings. The van der Waals surface area contributed by atoms with E-state index in [1.54, 1.807) is 30.9 Å². The summed E-state index contributed by atoms with van der Waals surface area (Å²) in [6.45, 7) is 3.62. The van der Waals surface area contributed by atoms with Crippen LogP contribution in [0.2, 0.25) is 0 Å². The molecule has 8 nitrogen and oxygen atoms in total. The van der Waals surface area contributed by atoms with E-state index in [1.165, 1.54) is 37.3 Å². The van der Waals surface area contributed by atoms with Crippen molar-refractivity contribution in [1.29, 1.82) is 0 Å². The monoisotopic (exact) mass is 596 g/mol. The summed E-state index contributed by atoms with van der Waals surface area (Å²) in [5.41, 5.74) is 1.45. The van der Waals surface area contributed by atoms with E-state index in [0.29, 0.717) is 24.5 Å². The lowest BCUT2D eigenvalue weighted by molar-refractivity contribution is -0.137. The summed E-state index contributed by atoms with van der Waals surface area (Å²) in [5.74, 6) is 0.697. The van der Waals surface area contributed by atoms with Crippen LogP contribution in [0.1, 0.15) is 30.5 Å². The number of carbonyl (C=O) groups is 2. The van der Waals surface area contributed by atoms with Crippen molar-refractivity contribution in [3.05, 3.63) is 89.6 Å². The highest BCUT2D eigenvalue weighted by Gasteiger charge is 2.34. The average molecular weight is 597 g/mol. The molecule has 3 aromatic carbocycles. The first-order valence-corrected chi connectivity index (χ1v) is 13.8. The van der Waals surface area contributed by atoms with E-state index in [1.807, 2.05) is 36.5 Å². The number of halogens is 3. The van der Waals surface area contributed by atoms with Crippen LogP contribution in [0.15, 0.2) is 72.9 Å². The lowest BCUT2D eigenvalue weighted by Gasteiger charge is -2.30. The van der Waals surface area contributed by atoms with Gasteiger partial charge in [-0.3, -0.25) is 4.79 Å². The number of para-hydroxylation sites is 2. The number of ether oxygens (including phenoxy) is 2.